The fraction of sp³-hybridized carbons (Fsp3) is 0.133. The van der Waals surface area contributed by atoms with Gasteiger partial charge in [0.05, 0.1) is 22.5 Å². The molecule has 1 aliphatic heterocycles. The SMILES string of the molecule is Cc1nc(-c2ccc3c(c2)OCO3)cc(C(=O)O)c1C#N. The highest BCUT2D eigenvalue weighted by Crippen LogP contribution is 2.35. The smallest absolute Gasteiger partial charge is 0.337 e. The van der Waals surface area contributed by atoms with Crippen LogP contribution in [0, 0.1) is 18.3 Å². The highest BCUT2D eigenvalue weighted by Gasteiger charge is 2.18. The minimum atomic E-state index is -1.15. The van der Waals surface area contributed by atoms with Gasteiger partial charge < -0.3 is 14.6 Å². The number of hydrogen-bond donors (Lipinski definition) is 1. The van der Waals surface area contributed by atoms with E-state index >= 15 is 0 Å². The molecule has 0 radical (unpaired) electrons. The van der Waals surface area contributed by atoms with Crippen LogP contribution in [0.5, 0.6) is 11.5 Å². The summed E-state index contributed by atoms with van der Waals surface area (Å²) in [6, 6.07) is 8.52. The molecule has 2 heterocycles. The van der Waals surface area contributed by atoms with E-state index in [2.05, 4.69) is 4.98 Å². The summed E-state index contributed by atoms with van der Waals surface area (Å²) in [5, 5.41) is 18.3. The number of rotatable bonds is 2. The molecule has 1 N–H and O–H groups in total. The molecule has 0 spiro atoms. The van der Waals surface area contributed by atoms with Crippen LogP contribution in [-0.4, -0.2) is 22.9 Å². The standard InChI is InChI=1S/C15H10N2O4/c1-8-11(6-16)10(15(18)19)5-12(17-8)9-2-3-13-14(4-9)21-7-20-13/h2-5H,7H2,1H3,(H,18,19). The molecule has 3 rings (SSSR count). The van der Waals surface area contributed by atoms with Gasteiger partial charge in [-0.25, -0.2) is 4.79 Å². The molecule has 104 valence electrons. The Morgan fingerprint density at radius 2 is 2.10 bits per heavy atom. The number of pyridine rings is 1. The normalized spacial score (nSPS) is 12.0. The van der Waals surface area contributed by atoms with Gasteiger partial charge in [0, 0.05) is 5.56 Å². The Bertz CT molecular complexity index is 793. The lowest BCUT2D eigenvalue weighted by atomic mass is 10.0. The summed E-state index contributed by atoms with van der Waals surface area (Å²) in [6.45, 7) is 1.78. The molecule has 2 aromatic rings. The van der Waals surface area contributed by atoms with Gasteiger partial charge in [0.2, 0.25) is 6.79 Å². The van der Waals surface area contributed by atoms with E-state index in [4.69, 9.17) is 14.7 Å². The predicted molar refractivity (Wildman–Crippen MR) is 72.2 cm³/mol. The first-order valence-corrected chi connectivity index (χ1v) is 6.15. The van der Waals surface area contributed by atoms with E-state index in [0.717, 1.165) is 0 Å². The van der Waals surface area contributed by atoms with Crippen molar-refractivity contribution in [3.05, 3.63) is 41.1 Å². The number of ether oxygens (including phenoxy) is 2. The quantitative estimate of drug-likeness (QED) is 0.908. The van der Waals surface area contributed by atoms with Gasteiger partial charge in [0.15, 0.2) is 11.5 Å². The topological polar surface area (TPSA) is 92.4 Å². The highest BCUT2D eigenvalue weighted by molar-refractivity contribution is 5.92. The van der Waals surface area contributed by atoms with Crippen LogP contribution in [0.4, 0.5) is 0 Å². The van der Waals surface area contributed by atoms with Crippen LogP contribution in [-0.2, 0) is 0 Å². The Labute approximate surface area is 120 Å². The monoisotopic (exact) mass is 282 g/mol. The fourth-order valence-electron chi connectivity index (χ4n) is 2.19. The number of carboxylic acids is 1. The first-order valence-electron chi connectivity index (χ1n) is 6.15. The first-order chi connectivity index (χ1) is 10.1. The van der Waals surface area contributed by atoms with Crippen molar-refractivity contribution in [2.45, 2.75) is 6.92 Å². The Kier molecular flexibility index (Phi) is 2.95. The van der Waals surface area contributed by atoms with Crippen LogP contribution in [0.1, 0.15) is 21.6 Å². The average Bonchev–Trinajstić information content (AvgIpc) is 2.93. The maximum absolute atomic E-state index is 11.3. The molecule has 0 unspecified atom stereocenters. The average molecular weight is 282 g/mol. The lowest BCUT2D eigenvalue weighted by molar-refractivity contribution is 0.0696. The molecule has 1 aliphatic rings. The van der Waals surface area contributed by atoms with Crippen LogP contribution >= 0.6 is 0 Å². The summed E-state index contributed by atoms with van der Waals surface area (Å²) in [6.07, 6.45) is 0. The number of aromatic nitrogens is 1. The highest BCUT2D eigenvalue weighted by atomic mass is 16.7. The maximum Gasteiger partial charge on any atom is 0.337 e. The Balaban J connectivity index is 2.15. The molecular formula is C15H10N2O4. The molecule has 1 aromatic carbocycles. The van der Waals surface area contributed by atoms with Crippen LogP contribution in [0.15, 0.2) is 24.3 Å². The number of aromatic carboxylic acids is 1. The van der Waals surface area contributed by atoms with E-state index in [0.29, 0.717) is 28.5 Å². The number of fused-ring (bicyclic) bond motifs is 1. The molecule has 1 aromatic heterocycles. The third-order valence-electron chi connectivity index (χ3n) is 3.21. The van der Waals surface area contributed by atoms with Gasteiger partial charge in [0.25, 0.3) is 0 Å². The van der Waals surface area contributed by atoms with E-state index in [1.54, 1.807) is 25.1 Å². The number of hydrogen-bond acceptors (Lipinski definition) is 5. The molecule has 6 heteroatoms. The van der Waals surface area contributed by atoms with Crippen LogP contribution in [0.25, 0.3) is 11.3 Å². The van der Waals surface area contributed by atoms with Gasteiger partial charge in [0.1, 0.15) is 6.07 Å². The van der Waals surface area contributed by atoms with Gasteiger partial charge in [-0.2, -0.15) is 5.26 Å². The van der Waals surface area contributed by atoms with Gasteiger partial charge >= 0.3 is 5.97 Å². The predicted octanol–water partition coefficient (Wildman–Crippen LogP) is 2.36. The molecule has 0 aliphatic carbocycles. The summed E-state index contributed by atoms with van der Waals surface area (Å²) in [5.41, 5.74) is 1.58. The molecule has 0 saturated heterocycles. The van der Waals surface area contributed by atoms with E-state index in [9.17, 15) is 9.90 Å². The van der Waals surface area contributed by atoms with Gasteiger partial charge in [-0.3, -0.25) is 4.98 Å². The summed E-state index contributed by atoms with van der Waals surface area (Å²) < 4.78 is 10.5. The molecule has 0 saturated carbocycles. The zero-order chi connectivity index (χ0) is 15.0. The third kappa shape index (κ3) is 2.15. The van der Waals surface area contributed by atoms with Crippen molar-refractivity contribution in [3.8, 4) is 28.8 Å². The second-order valence-electron chi connectivity index (χ2n) is 4.50. The first kappa shape index (κ1) is 12.9. The zero-order valence-electron chi connectivity index (χ0n) is 11.1. The summed E-state index contributed by atoms with van der Waals surface area (Å²) in [7, 11) is 0. The van der Waals surface area contributed by atoms with Crippen LogP contribution in [0.2, 0.25) is 0 Å². The van der Waals surface area contributed by atoms with Crippen molar-refractivity contribution in [2.75, 3.05) is 6.79 Å². The third-order valence-corrected chi connectivity index (χ3v) is 3.21. The largest absolute Gasteiger partial charge is 0.478 e. The summed E-state index contributed by atoms with van der Waals surface area (Å²) in [5.74, 6) is 0.0785. The van der Waals surface area contributed by atoms with Crippen molar-refractivity contribution in [2.24, 2.45) is 0 Å². The van der Waals surface area contributed by atoms with Gasteiger partial charge in [-0.15, -0.1) is 0 Å². The number of carbonyl (C=O) groups is 1. The molecule has 0 amide bonds. The van der Waals surface area contributed by atoms with E-state index in [-0.39, 0.29) is 17.9 Å². The van der Waals surface area contributed by atoms with Crippen molar-refractivity contribution in [1.82, 2.24) is 4.98 Å². The number of nitrogens with zero attached hydrogens (tertiary/aromatic N) is 2. The lowest BCUT2D eigenvalue weighted by Gasteiger charge is -2.08. The second-order valence-corrected chi connectivity index (χ2v) is 4.50. The zero-order valence-corrected chi connectivity index (χ0v) is 11.1. The number of nitriles is 1. The van der Waals surface area contributed by atoms with Crippen LogP contribution < -0.4 is 9.47 Å². The lowest BCUT2D eigenvalue weighted by Crippen LogP contribution is -2.05. The summed E-state index contributed by atoms with van der Waals surface area (Å²) >= 11 is 0. The molecule has 0 fully saturated rings. The molecule has 6 nitrogen and oxygen atoms in total. The number of benzene rings is 1. The second kappa shape index (κ2) is 4.80. The molecular weight excluding hydrogens is 272 g/mol. The minimum Gasteiger partial charge on any atom is -0.478 e. The van der Waals surface area contributed by atoms with Crippen molar-refractivity contribution < 1.29 is 19.4 Å². The van der Waals surface area contributed by atoms with Crippen molar-refractivity contribution in [1.29, 1.82) is 5.26 Å². The van der Waals surface area contributed by atoms with Gasteiger partial charge in [-0.05, 0) is 31.2 Å². The van der Waals surface area contributed by atoms with Crippen molar-refractivity contribution >= 4 is 5.97 Å². The van der Waals surface area contributed by atoms with E-state index < -0.39 is 5.97 Å². The molecule has 0 atom stereocenters. The van der Waals surface area contributed by atoms with Crippen LogP contribution in [0.3, 0.4) is 0 Å². The fourth-order valence-corrected chi connectivity index (χ4v) is 2.19. The molecule has 0 bridgehead atoms. The van der Waals surface area contributed by atoms with Crippen molar-refractivity contribution in [3.63, 3.8) is 0 Å². The summed E-state index contributed by atoms with van der Waals surface area (Å²) in [4.78, 5) is 15.6. The maximum atomic E-state index is 11.3. The Hall–Kier alpha value is -3.07. The minimum absolute atomic E-state index is 0.0577. The van der Waals surface area contributed by atoms with Gasteiger partial charge in [-0.1, -0.05) is 0 Å². The number of carboxylic acid groups (broad SMARTS) is 1. The van der Waals surface area contributed by atoms with E-state index in [1.165, 1.54) is 6.07 Å². The Morgan fingerprint density at radius 3 is 2.81 bits per heavy atom. The number of aryl methyl sites for hydroxylation is 1. The Morgan fingerprint density at radius 1 is 1.33 bits per heavy atom. The van der Waals surface area contributed by atoms with E-state index in [1.807, 2.05) is 6.07 Å². The molecule has 21 heavy (non-hydrogen) atoms.